The first-order valence-corrected chi connectivity index (χ1v) is 13.9. The van der Waals surface area contributed by atoms with E-state index in [1.807, 2.05) is 0 Å². The maximum Gasteiger partial charge on any atom is 0.0789 e. The van der Waals surface area contributed by atoms with Gasteiger partial charge in [-0.15, -0.1) is 0 Å². The van der Waals surface area contributed by atoms with Gasteiger partial charge in [0.2, 0.25) is 0 Å². The Morgan fingerprint density at radius 3 is 2.66 bits per heavy atom. The number of nitrogens with one attached hydrogen (secondary N) is 1. The average Bonchev–Trinajstić information content (AvgIpc) is 2.89. The largest absolute Gasteiger partial charge is 0.383 e. The van der Waals surface area contributed by atoms with Gasteiger partial charge in [0.05, 0.1) is 17.5 Å². The standard InChI is InChI=1S/C30H40ClN3O/c1-3-24-25(12-8-14-28(24)33-21-30(20-32)15-17-35-18-16-30)26-19-29(22(2)9-7-13-27(26)31)34-23-10-5-4-6-11-23/h8,12-14,19,22-23,33H,3-7,9-11,15-18,21H2,1-2H3/b26-19-,27-13?,34-29?. The summed E-state index contributed by atoms with van der Waals surface area (Å²) in [5.41, 5.74) is 5.42. The molecule has 0 aromatic heterocycles. The summed E-state index contributed by atoms with van der Waals surface area (Å²) in [6.07, 6.45) is 15.2. The second kappa shape index (κ2) is 12.2. The van der Waals surface area contributed by atoms with E-state index in [-0.39, 0.29) is 5.41 Å². The van der Waals surface area contributed by atoms with E-state index in [2.05, 4.69) is 55.6 Å². The fourth-order valence-corrected chi connectivity index (χ4v) is 5.87. The molecule has 1 aromatic rings. The van der Waals surface area contributed by atoms with Crippen molar-refractivity contribution in [3.05, 3.63) is 46.5 Å². The maximum absolute atomic E-state index is 9.89. The zero-order valence-electron chi connectivity index (χ0n) is 21.4. The van der Waals surface area contributed by atoms with Gasteiger partial charge in [-0.3, -0.25) is 4.99 Å². The molecule has 1 aromatic carbocycles. The summed E-state index contributed by atoms with van der Waals surface area (Å²) in [5, 5.41) is 14.3. The van der Waals surface area contributed by atoms with Gasteiger partial charge in [-0.2, -0.15) is 5.26 Å². The summed E-state index contributed by atoms with van der Waals surface area (Å²) in [7, 11) is 0. The molecule has 188 valence electrons. The van der Waals surface area contributed by atoms with Crippen molar-refractivity contribution in [2.75, 3.05) is 25.1 Å². The highest BCUT2D eigenvalue weighted by Crippen LogP contribution is 2.37. The maximum atomic E-state index is 9.89. The Morgan fingerprint density at radius 2 is 1.94 bits per heavy atom. The molecule has 1 saturated heterocycles. The molecule has 1 atom stereocenters. The fourth-order valence-electron chi connectivity index (χ4n) is 5.61. The molecular weight excluding hydrogens is 454 g/mol. The van der Waals surface area contributed by atoms with Gasteiger partial charge in [0.25, 0.3) is 0 Å². The van der Waals surface area contributed by atoms with E-state index < -0.39 is 0 Å². The van der Waals surface area contributed by atoms with Crippen LogP contribution in [0.5, 0.6) is 0 Å². The van der Waals surface area contributed by atoms with Crippen LogP contribution < -0.4 is 5.32 Å². The van der Waals surface area contributed by atoms with Gasteiger partial charge in [-0.05, 0) is 74.1 Å². The summed E-state index contributed by atoms with van der Waals surface area (Å²) in [6.45, 7) is 6.45. The highest BCUT2D eigenvalue weighted by atomic mass is 35.5. The lowest BCUT2D eigenvalue weighted by Gasteiger charge is -2.31. The van der Waals surface area contributed by atoms with Gasteiger partial charge in [-0.25, -0.2) is 0 Å². The molecular formula is C30H40ClN3O. The monoisotopic (exact) mass is 493 g/mol. The SMILES string of the molecule is CCc1c(NCC2(C#N)CCOCC2)cccc1/C1=C/C(=NC2CCCCC2)C(C)CCC=C1Cl. The molecule has 5 heteroatoms. The minimum absolute atomic E-state index is 0.369. The molecule has 1 aliphatic heterocycles. The number of anilines is 1. The third kappa shape index (κ3) is 6.38. The number of allylic oxidation sites excluding steroid dienone is 4. The van der Waals surface area contributed by atoms with Gasteiger partial charge in [0.15, 0.2) is 0 Å². The van der Waals surface area contributed by atoms with E-state index in [1.165, 1.54) is 48.9 Å². The predicted octanol–water partition coefficient (Wildman–Crippen LogP) is 7.69. The molecule has 4 nitrogen and oxygen atoms in total. The average molecular weight is 494 g/mol. The van der Waals surface area contributed by atoms with Crippen molar-refractivity contribution in [1.82, 2.24) is 0 Å². The number of aliphatic imine (C=N–C) groups is 1. The second-order valence-electron chi connectivity index (χ2n) is 10.5. The van der Waals surface area contributed by atoms with Crippen LogP contribution in [0.4, 0.5) is 5.69 Å². The van der Waals surface area contributed by atoms with Crippen LogP contribution in [0.3, 0.4) is 0 Å². The van der Waals surface area contributed by atoms with Crippen LogP contribution in [0.15, 0.2) is 40.4 Å². The van der Waals surface area contributed by atoms with E-state index in [9.17, 15) is 5.26 Å². The molecule has 2 aliphatic carbocycles. The molecule has 1 unspecified atom stereocenters. The number of ether oxygens (including phenoxy) is 1. The summed E-state index contributed by atoms with van der Waals surface area (Å²) in [5.74, 6) is 0.420. The lowest BCUT2D eigenvalue weighted by atomic mass is 9.81. The van der Waals surface area contributed by atoms with Crippen molar-refractivity contribution in [3.63, 3.8) is 0 Å². The Hall–Kier alpha value is -2.09. The molecule has 1 saturated carbocycles. The van der Waals surface area contributed by atoms with E-state index in [4.69, 9.17) is 21.3 Å². The molecule has 0 spiro atoms. The number of hydrogen-bond donors (Lipinski definition) is 1. The minimum atomic E-state index is -0.369. The lowest BCUT2D eigenvalue weighted by molar-refractivity contribution is 0.0456. The van der Waals surface area contributed by atoms with Crippen LogP contribution in [0, 0.1) is 22.7 Å². The van der Waals surface area contributed by atoms with Crippen LogP contribution in [0.2, 0.25) is 0 Å². The summed E-state index contributed by atoms with van der Waals surface area (Å²) in [6, 6.07) is 9.44. The summed E-state index contributed by atoms with van der Waals surface area (Å²) >= 11 is 6.94. The number of rotatable bonds is 6. The molecule has 4 rings (SSSR count). The number of nitrogens with zero attached hydrogens (tertiary/aromatic N) is 2. The molecule has 0 bridgehead atoms. The number of hydrogen-bond acceptors (Lipinski definition) is 4. The van der Waals surface area contributed by atoms with Crippen molar-refractivity contribution in [1.29, 1.82) is 5.26 Å². The Kier molecular flexibility index (Phi) is 9.09. The highest BCUT2D eigenvalue weighted by Gasteiger charge is 2.32. The number of halogens is 1. The third-order valence-electron chi connectivity index (χ3n) is 8.01. The second-order valence-corrected chi connectivity index (χ2v) is 10.9. The van der Waals surface area contributed by atoms with Crippen LogP contribution in [0.1, 0.15) is 82.8 Å². The van der Waals surface area contributed by atoms with E-state index in [1.54, 1.807) is 0 Å². The van der Waals surface area contributed by atoms with Crippen molar-refractivity contribution < 1.29 is 4.74 Å². The summed E-state index contributed by atoms with van der Waals surface area (Å²) < 4.78 is 5.51. The van der Waals surface area contributed by atoms with Gasteiger partial charge < -0.3 is 10.1 Å². The van der Waals surface area contributed by atoms with Crippen molar-refractivity contribution in [2.24, 2.45) is 16.3 Å². The van der Waals surface area contributed by atoms with Gasteiger partial charge in [0, 0.05) is 41.8 Å². The number of nitriles is 1. The molecule has 0 radical (unpaired) electrons. The normalized spacial score (nSPS) is 26.1. The molecule has 2 fully saturated rings. The van der Waals surface area contributed by atoms with Gasteiger partial charge in [-0.1, -0.05) is 62.9 Å². The Balaban J connectivity index is 1.68. The van der Waals surface area contributed by atoms with Gasteiger partial charge >= 0.3 is 0 Å². The Morgan fingerprint density at radius 1 is 1.17 bits per heavy atom. The topological polar surface area (TPSA) is 57.4 Å². The van der Waals surface area contributed by atoms with Crippen molar-refractivity contribution in [3.8, 4) is 6.07 Å². The van der Waals surface area contributed by atoms with Crippen LogP contribution >= 0.6 is 11.6 Å². The smallest absolute Gasteiger partial charge is 0.0789 e. The predicted molar refractivity (Wildman–Crippen MR) is 147 cm³/mol. The number of benzene rings is 1. The van der Waals surface area contributed by atoms with Gasteiger partial charge in [0.1, 0.15) is 0 Å². The van der Waals surface area contributed by atoms with Crippen molar-refractivity contribution >= 4 is 28.6 Å². The molecule has 0 amide bonds. The molecule has 1 heterocycles. The Labute approximate surface area is 216 Å². The zero-order chi connectivity index (χ0) is 24.7. The van der Waals surface area contributed by atoms with E-state index >= 15 is 0 Å². The third-order valence-corrected chi connectivity index (χ3v) is 8.37. The van der Waals surface area contributed by atoms with E-state index in [0.717, 1.165) is 48.4 Å². The first-order chi connectivity index (χ1) is 17.0. The fraction of sp³-hybridized carbons (Fsp3) is 0.600. The summed E-state index contributed by atoms with van der Waals surface area (Å²) in [4.78, 5) is 5.27. The van der Waals surface area contributed by atoms with Crippen LogP contribution in [-0.4, -0.2) is 31.5 Å². The first-order valence-electron chi connectivity index (χ1n) is 13.6. The first kappa shape index (κ1) is 26.0. The molecule has 35 heavy (non-hydrogen) atoms. The molecule has 1 N–H and O–H groups in total. The lowest BCUT2D eigenvalue weighted by Crippen LogP contribution is -2.34. The zero-order valence-corrected chi connectivity index (χ0v) is 22.2. The highest BCUT2D eigenvalue weighted by molar-refractivity contribution is 6.38. The Bertz CT molecular complexity index is 1010. The quantitative estimate of drug-likeness (QED) is 0.441. The minimum Gasteiger partial charge on any atom is -0.383 e. The molecule has 3 aliphatic rings. The van der Waals surface area contributed by atoms with Crippen LogP contribution in [-0.2, 0) is 11.2 Å². The van der Waals surface area contributed by atoms with Crippen LogP contribution in [0.25, 0.3) is 5.57 Å². The van der Waals surface area contributed by atoms with Crippen molar-refractivity contribution in [2.45, 2.75) is 84.1 Å². The van der Waals surface area contributed by atoms with E-state index in [0.29, 0.717) is 31.7 Å².